The second kappa shape index (κ2) is 4.72. The van der Waals surface area contributed by atoms with Gasteiger partial charge in [0.25, 0.3) is 0 Å². The van der Waals surface area contributed by atoms with E-state index in [1.807, 2.05) is 24.3 Å². The molecule has 0 fully saturated rings. The molecule has 0 aromatic heterocycles. The van der Waals surface area contributed by atoms with Crippen LogP contribution in [0.3, 0.4) is 0 Å². The Hall–Kier alpha value is -1.78. The average molecular weight is 253 g/mol. The third kappa shape index (κ3) is 2.03. The van der Waals surface area contributed by atoms with Crippen molar-refractivity contribution in [2.75, 3.05) is 11.8 Å². The molecule has 0 radical (unpaired) electrons. The van der Waals surface area contributed by atoms with E-state index in [4.69, 9.17) is 0 Å². The van der Waals surface area contributed by atoms with Crippen LogP contribution in [0, 0.1) is 0 Å². The Morgan fingerprint density at radius 1 is 1.11 bits per heavy atom. The Bertz CT molecular complexity index is 613. The highest BCUT2D eigenvalue weighted by atomic mass is 16.3. The number of anilines is 1. The quantitative estimate of drug-likeness (QED) is 0.736. The van der Waals surface area contributed by atoms with Gasteiger partial charge in [-0.05, 0) is 41.2 Å². The van der Waals surface area contributed by atoms with Crippen molar-refractivity contribution in [1.29, 1.82) is 0 Å². The molecule has 0 saturated carbocycles. The SMILES string of the molecule is CB(O)Nc1ccc2c(c1)C(CO)c1ccccc1-2. The van der Waals surface area contributed by atoms with Gasteiger partial charge in [0.1, 0.15) is 0 Å². The molecule has 4 heteroatoms. The predicted octanol–water partition coefficient (Wildman–Crippen LogP) is 2.31. The molecule has 19 heavy (non-hydrogen) atoms. The molecule has 0 spiro atoms. The summed E-state index contributed by atoms with van der Waals surface area (Å²) in [5.41, 5.74) is 5.54. The van der Waals surface area contributed by atoms with Gasteiger partial charge in [-0.2, -0.15) is 0 Å². The van der Waals surface area contributed by atoms with E-state index in [1.54, 1.807) is 6.82 Å². The minimum Gasteiger partial charge on any atom is -0.433 e. The highest BCUT2D eigenvalue weighted by Crippen LogP contribution is 2.45. The van der Waals surface area contributed by atoms with Gasteiger partial charge in [0.2, 0.25) is 0 Å². The zero-order chi connectivity index (χ0) is 13.4. The predicted molar refractivity (Wildman–Crippen MR) is 78.3 cm³/mol. The van der Waals surface area contributed by atoms with Gasteiger partial charge in [-0.25, -0.2) is 0 Å². The second-order valence-corrected chi connectivity index (χ2v) is 4.94. The summed E-state index contributed by atoms with van der Waals surface area (Å²) in [6, 6.07) is 14.2. The summed E-state index contributed by atoms with van der Waals surface area (Å²) in [5.74, 6) is 0.0296. The molecule has 3 rings (SSSR count). The molecule has 0 bridgehead atoms. The normalized spacial score (nSPS) is 15.8. The lowest BCUT2D eigenvalue weighted by Gasteiger charge is -2.12. The lowest BCUT2D eigenvalue weighted by Crippen LogP contribution is -2.19. The van der Waals surface area contributed by atoms with Crippen LogP contribution in [0.1, 0.15) is 17.0 Å². The highest BCUT2D eigenvalue weighted by Gasteiger charge is 2.27. The van der Waals surface area contributed by atoms with E-state index in [1.165, 1.54) is 16.7 Å². The van der Waals surface area contributed by atoms with Gasteiger partial charge in [-0.3, -0.25) is 0 Å². The third-order valence-corrected chi connectivity index (χ3v) is 3.61. The van der Waals surface area contributed by atoms with E-state index in [2.05, 4.69) is 23.4 Å². The first kappa shape index (κ1) is 12.3. The van der Waals surface area contributed by atoms with Crippen molar-refractivity contribution < 1.29 is 10.1 Å². The Morgan fingerprint density at radius 3 is 2.58 bits per heavy atom. The molecule has 3 N–H and O–H groups in total. The summed E-state index contributed by atoms with van der Waals surface area (Å²) < 4.78 is 0. The van der Waals surface area contributed by atoms with Gasteiger partial charge in [0.15, 0.2) is 0 Å². The summed E-state index contributed by atoms with van der Waals surface area (Å²) in [5, 5.41) is 22.0. The van der Waals surface area contributed by atoms with Crippen LogP contribution in [0.4, 0.5) is 5.69 Å². The van der Waals surface area contributed by atoms with Crippen LogP contribution in [-0.2, 0) is 0 Å². The van der Waals surface area contributed by atoms with E-state index >= 15 is 0 Å². The van der Waals surface area contributed by atoms with Crippen LogP contribution in [0.2, 0.25) is 6.82 Å². The van der Waals surface area contributed by atoms with Crippen LogP contribution in [0.25, 0.3) is 11.1 Å². The van der Waals surface area contributed by atoms with Gasteiger partial charge in [-0.1, -0.05) is 30.3 Å². The monoisotopic (exact) mass is 253 g/mol. The second-order valence-electron chi connectivity index (χ2n) is 4.94. The number of fused-ring (bicyclic) bond motifs is 3. The fourth-order valence-corrected chi connectivity index (χ4v) is 2.84. The number of hydrogen-bond donors (Lipinski definition) is 3. The van der Waals surface area contributed by atoms with E-state index in [0.717, 1.165) is 11.3 Å². The number of aliphatic hydroxyl groups excluding tert-OH is 1. The molecule has 1 unspecified atom stereocenters. The molecule has 3 nitrogen and oxygen atoms in total. The summed E-state index contributed by atoms with van der Waals surface area (Å²) in [4.78, 5) is 0. The Labute approximate surface area is 113 Å². The summed E-state index contributed by atoms with van der Waals surface area (Å²) in [7, 11) is -0.589. The standard InChI is InChI=1S/C15H16BNO2/c1-16(19)17-10-6-7-13-11-4-2-3-5-12(11)15(9-18)14(13)8-10/h2-8,15,17-19H,9H2,1H3. The molecule has 0 saturated heterocycles. The summed E-state index contributed by atoms with van der Waals surface area (Å²) in [6.07, 6.45) is 0. The highest BCUT2D eigenvalue weighted by molar-refractivity contribution is 6.52. The largest absolute Gasteiger partial charge is 0.433 e. The molecule has 1 aliphatic rings. The molecule has 0 aliphatic heterocycles. The van der Waals surface area contributed by atoms with Crippen LogP contribution < -0.4 is 5.23 Å². The van der Waals surface area contributed by atoms with Gasteiger partial charge in [-0.15, -0.1) is 0 Å². The molecule has 1 atom stereocenters. The minimum absolute atomic E-state index is 0.0296. The number of benzene rings is 2. The van der Waals surface area contributed by atoms with Gasteiger partial charge < -0.3 is 15.4 Å². The van der Waals surface area contributed by atoms with Crippen molar-refractivity contribution >= 4 is 12.7 Å². The zero-order valence-corrected chi connectivity index (χ0v) is 10.8. The Kier molecular flexibility index (Phi) is 3.05. The van der Waals surface area contributed by atoms with Crippen molar-refractivity contribution in [2.24, 2.45) is 0 Å². The lowest BCUT2D eigenvalue weighted by molar-refractivity contribution is 0.282. The molecule has 0 amide bonds. The van der Waals surface area contributed by atoms with Crippen LogP contribution >= 0.6 is 0 Å². The van der Waals surface area contributed by atoms with Gasteiger partial charge >= 0.3 is 7.05 Å². The molecule has 2 aromatic carbocycles. The molecule has 1 aliphatic carbocycles. The van der Waals surface area contributed by atoms with Crippen molar-refractivity contribution in [1.82, 2.24) is 0 Å². The third-order valence-electron chi connectivity index (χ3n) is 3.61. The molecular weight excluding hydrogens is 237 g/mol. The van der Waals surface area contributed by atoms with Crippen molar-refractivity contribution in [3.8, 4) is 11.1 Å². The zero-order valence-electron chi connectivity index (χ0n) is 10.8. The maximum absolute atomic E-state index is 9.66. The topological polar surface area (TPSA) is 52.5 Å². The minimum atomic E-state index is -0.589. The molecule has 0 heterocycles. The van der Waals surface area contributed by atoms with Crippen LogP contribution in [0.15, 0.2) is 42.5 Å². The Balaban J connectivity index is 2.09. The first-order chi connectivity index (χ1) is 9.20. The number of nitrogens with one attached hydrogen (secondary N) is 1. The van der Waals surface area contributed by atoms with E-state index < -0.39 is 7.05 Å². The smallest absolute Gasteiger partial charge is 0.406 e. The van der Waals surface area contributed by atoms with Crippen molar-refractivity contribution in [3.05, 3.63) is 53.6 Å². The fraction of sp³-hybridized carbons (Fsp3) is 0.200. The fourth-order valence-electron chi connectivity index (χ4n) is 2.84. The van der Waals surface area contributed by atoms with Crippen LogP contribution in [-0.4, -0.2) is 23.8 Å². The number of aliphatic hydroxyl groups is 1. The van der Waals surface area contributed by atoms with Crippen molar-refractivity contribution in [3.63, 3.8) is 0 Å². The maximum atomic E-state index is 9.66. The van der Waals surface area contributed by atoms with E-state index in [0.29, 0.717) is 0 Å². The lowest BCUT2D eigenvalue weighted by atomic mass is 9.88. The first-order valence-corrected chi connectivity index (χ1v) is 6.49. The van der Waals surface area contributed by atoms with E-state index in [9.17, 15) is 10.1 Å². The molecule has 2 aromatic rings. The summed E-state index contributed by atoms with van der Waals surface area (Å²) in [6.45, 7) is 1.79. The van der Waals surface area contributed by atoms with E-state index in [-0.39, 0.29) is 12.5 Å². The number of hydrogen-bond acceptors (Lipinski definition) is 3. The molecule has 96 valence electrons. The Morgan fingerprint density at radius 2 is 1.84 bits per heavy atom. The molecular formula is C15H16BNO2. The average Bonchev–Trinajstić information content (AvgIpc) is 2.71. The van der Waals surface area contributed by atoms with Gasteiger partial charge in [0.05, 0.1) is 6.61 Å². The first-order valence-electron chi connectivity index (χ1n) is 6.49. The number of rotatable bonds is 3. The van der Waals surface area contributed by atoms with Crippen molar-refractivity contribution in [2.45, 2.75) is 12.7 Å². The van der Waals surface area contributed by atoms with Gasteiger partial charge in [0, 0.05) is 11.6 Å². The summed E-state index contributed by atoms with van der Waals surface area (Å²) >= 11 is 0. The van der Waals surface area contributed by atoms with Crippen LogP contribution in [0.5, 0.6) is 0 Å². The maximum Gasteiger partial charge on any atom is 0.406 e.